The summed E-state index contributed by atoms with van der Waals surface area (Å²) in [5.74, 6) is -0.284. The maximum Gasteiger partial charge on any atom is 0.290 e. The molecule has 8 heteroatoms. The van der Waals surface area contributed by atoms with E-state index in [0.717, 1.165) is 11.3 Å². The van der Waals surface area contributed by atoms with Crippen molar-refractivity contribution in [3.05, 3.63) is 52.8 Å². The number of sulfonamides is 1. The summed E-state index contributed by atoms with van der Waals surface area (Å²) < 4.78 is 28.5. The van der Waals surface area contributed by atoms with Crippen molar-refractivity contribution in [2.24, 2.45) is 0 Å². The summed E-state index contributed by atoms with van der Waals surface area (Å²) in [7, 11) is -3.63. The number of hydrogen-bond donors (Lipinski definition) is 1. The molecule has 0 radical (unpaired) electrons. The smallest absolute Gasteiger partial charge is 0.290 e. The zero-order valence-electron chi connectivity index (χ0n) is 16.0. The number of carbonyl (C=O) groups excluding carboxylic acids is 1. The quantitative estimate of drug-likeness (QED) is 0.713. The average Bonchev–Trinajstić information content (AvgIpc) is 2.61. The highest BCUT2D eigenvalue weighted by atomic mass is 35.5. The predicted molar refractivity (Wildman–Crippen MR) is 106 cm³/mol. The Morgan fingerprint density at radius 3 is 2.48 bits per heavy atom. The Kier molecular flexibility index (Phi) is 6.97. The van der Waals surface area contributed by atoms with Crippen LogP contribution in [0.25, 0.3) is 0 Å². The molecule has 0 saturated heterocycles. The molecule has 1 aromatic carbocycles. The lowest BCUT2D eigenvalue weighted by Crippen LogP contribution is -2.43. The number of pyridine rings is 1. The highest BCUT2D eigenvalue weighted by Gasteiger charge is 2.23. The van der Waals surface area contributed by atoms with Crippen LogP contribution in [0.2, 0.25) is 5.02 Å². The standard InChI is InChI=1S/C19H24ClN3O3S/c1-5-23(6-2)27(25,26)16-9-10-17(20)18(12-16)21-19(24)13-22-11-7-8-14(3)15(22)4/h7-12H,5-6,13H2,1-4H3/p+1. The third kappa shape index (κ3) is 4.86. The van der Waals surface area contributed by atoms with Crippen molar-refractivity contribution < 1.29 is 17.8 Å². The predicted octanol–water partition coefficient (Wildman–Crippen LogP) is 2.91. The van der Waals surface area contributed by atoms with Gasteiger partial charge in [-0.25, -0.2) is 8.42 Å². The van der Waals surface area contributed by atoms with Crippen LogP contribution < -0.4 is 9.88 Å². The average molecular weight is 411 g/mol. The number of rotatable bonds is 7. The largest absolute Gasteiger partial charge is 0.319 e. The number of hydrogen-bond acceptors (Lipinski definition) is 3. The summed E-state index contributed by atoms with van der Waals surface area (Å²) >= 11 is 6.17. The van der Waals surface area contributed by atoms with E-state index >= 15 is 0 Å². The van der Waals surface area contributed by atoms with Crippen LogP contribution in [0.5, 0.6) is 0 Å². The molecule has 2 aromatic rings. The van der Waals surface area contributed by atoms with Crippen LogP contribution in [0.4, 0.5) is 5.69 Å². The number of aromatic nitrogens is 1. The molecule has 1 amide bonds. The van der Waals surface area contributed by atoms with E-state index in [-0.39, 0.29) is 28.1 Å². The number of aryl methyl sites for hydroxylation is 1. The molecular formula is C19H25ClN3O3S+. The fourth-order valence-corrected chi connectivity index (χ4v) is 4.39. The molecule has 1 N–H and O–H groups in total. The minimum absolute atomic E-state index is 0.102. The van der Waals surface area contributed by atoms with Gasteiger partial charge in [-0.1, -0.05) is 25.4 Å². The fourth-order valence-electron chi connectivity index (χ4n) is 2.74. The van der Waals surface area contributed by atoms with Crippen LogP contribution in [0.1, 0.15) is 25.1 Å². The Balaban J connectivity index is 2.26. The normalized spacial score (nSPS) is 11.6. The third-order valence-electron chi connectivity index (χ3n) is 4.48. The molecular weight excluding hydrogens is 386 g/mol. The van der Waals surface area contributed by atoms with Crippen LogP contribution in [0.15, 0.2) is 41.4 Å². The first-order chi connectivity index (χ1) is 12.7. The Morgan fingerprint density at radius 1 is 1.19 bits per heavy atom. The number of nitrogens with zero attached hydrogens (tertiary/aromatic N) is 2. The van der Waals surface area contributed by atoms with E-state index in [1.54, 1.807) is 13.8 Å². The summed E-state index contributed by atoms with van der Waals surface area (Å²) in [5, 5.41) is 3.00. The lowest BCUT2D eigenvalue weighted by atomic mass is 10.2. The van der Waals surface area contributed by atoms with Gasteiger partial charge in [0.1, 0.15) is 0 Å². The second-order valence-electron chi connectivity index (χ2n) is 6.18. The first-order valence-corrected chi connectivity index (χ1v) is 10.6. The second kappa shape index (κ2) is 8.82. The maximum absolute atomic E-state index is 12.7. The minimum Gasteiger partial charge on any atom is -0.319 e. The molecule has 0 fully saturated rings. The maximum atomic E-state index is 12.7. The van der Waals surface area contributed by atoms with Gasteiger partial charge in [-0.3, -0.25) is 4.79 Å². The third-order valence-corrected chi connectivity index (χ3v) is 6.86. The molecule has 146 valence electrons. The van der Waals surface area contributed by atoms with E-state index < -0.39 is 10.0 Å². The highest BCUT2D eigenvalue weighted by Crippen LogP contribution is 2.27. The molecule has 0 bridgehead atoms. The highest BCUT2D eigenvalue weighted by molar-refractivity contribution is 7.89. The monoisotopic (exact) mass is 410 g/mol. The molecule has 0 saturated carbocycles. The van der Waals surface area contributed by atoms with Crippen LogP contribution >= 0.6 is 11.6 Å². The van der Waals surface area contributed by atoms with Crippen molar-refractivity contribution in [3.8, 4) is 0 Å². The summed E-state index contributed by atoms with van der Waals surface area (Å²) in [6.07, 6.45) is 1.82. The van der Waals surface area contributed by atoms with Gasteiger partial charge in [0, 0.05) is 31.6 Å². The van der Waals surface area contributed by atoms with E-state index in [1.165, 1.54) is 22.5 Å². The number of benzene rings is 1. The Morgan fingerprint density at radius 2 is 1.85 bits per heavy atom. The van der Waals surface area contributed by atoms with Crippen LogP contribution in [0, 0.1) is 13.8 Å². The molecule has 0 unspecified atom stereocenters. The van der Waals surface area contributed by atoms with Crippen LogP contribution in [-0.2, 0) is 21.4 Å². The van der Waals surface area contributed by atoms with E-state index in [1.807, 2.05) is 36.7 Å². The molecule has 27 heavy (non-hydrogen) atoms. The van der Waals surface area contributed by atoms with Gasteiger partial charge < -0.3 is 5.32 Å². The second-order valence-corrected chi connectivity index (χ2v) is 8.53. The zero-order valence-corrected chi connectivity index (χ0v) is 17.6. The van der Waals surface area contributed by atoms with E-state index in [0.29, 0.717) is 13.1 Å². The minimum atomic E-state index is -3.63. The zero-order chi connectivity index (χ0) is 20.2. The molecule has 1 heterocycles. The lowest BCUT2D eigenvalue weighted by molar-refractivity contribution is -0.690. The van der Waals surface area contributed by atoms with Gasteiger partial charge >= 0.3 is 0 Å². The Hall–Kier alpha value is -1.96. The van der Waals surface area contributed by atoms with Gasteiger partial charge in [0.25, 0.3) is 5.91 Å². The molecule has 6 nitrogen and oxygen atoms in total. The Bertz CT molecular complexity index is 941. The molecule has 1 aromatic heterocycles. The number of amides is 1. The lowest BCUT2D eigenvalue weighted by Gasteiger charge is -2.19. The molecule has 0 atom stereocenters. The van der Waals surface area contributed by atoms with Crippen molar-refractivity contribution >= 4 is 33.2 Å². The van der Waals surface area contributed by atoms with Crippen molar-refractivity contribution in [2.75, 3.05) is 18.4 Å². The summed E-state index contributed by atoms with van der Waals surface area (Å²) in [6, 6.07) is 8.19. The topological polar surface area (TPSA) is 70.4 Å². The number of nitrogens with one attached hydrogen (secondary N) is 1. The molecule has 0 aliphatic rings. The van der Waals surface area contributed by atoms with Gasteiger partial charge in [-0.15, -0.1) is 0 Å². The number of anilines is 1. The summed E-state index contributed by atoms with van der Waals surface area (Å²) in [6.45, 7) is 8.31. The van der Waals surface area contributed by atoms with Gasteiger partial charge in [-0.2, -0.15) is 8.87 Å². The van der Waals surface area contributed by atoms with Gasteiger partial charge in [0.15, 0.2) is 11.9 Å². The first-order valence-electron chi connectivity index (χ1n) is 8.75. The molecule has 0 aliphatic heterocycles. The molecule has 2 rings (SSSR count). The fraction of sp³-hybridized carbons (Fsp3) is 0.368. The van der Waals surface area contributed by atoms with E-state index in [2.05, 4.69) is 5.32 Å². The number of halogens is 1. The number of carbonyl (C=O) groups is 1. The summed E-state index contributed by atoms with van der Waals surface area (Å²) in [4.78, 5) is 12.6. The van der Waals surface area contributed by atoms with Gasteiger partial charge in [0.05, 0.1) is 15.6 Å². The van der Waals surface area contributed by atoms with Crippen LogP contribution in [-0.4, -0.2) is 31.7 Å². The van der Waals surface area contributed by atoms with Crippen molar-refractivity contribution in [1.82, 2.24) is 4.31 Å². The Labute approximate surface area is 165 Å². The van der Waals surface area contributed by atoms with Crippen LogP contribution in [0.3, 0.4) is 0 Å². The van der Waals surface area contributed by atoms with Gasteiger partial charge in [0.2, 0.25) is 16.6 Å². The van der Waals surface area contributed by atoms with Crippen molar-refractivity contribution in [2.45, 2.75) is 39.1 Å². The van der Waals surface area contributed by atoms with Gasteiger partial charge in [-0.05, 0) is 31.2 Å². The molecule has 0 spiro atoms. The van der Waals surface area contributed by atoms with Crippen molar-refractivity contribution in [3.63, 3.8) is 0 Å². The van der Waals surface area contributed by atoms with E-state index in [4.69, 9.17) is 11.6 Å². The van der Waals surface area contributed by atoms with E-state index in [9.17, 15) is 13.2 Å². The SMILES string of the molecule is CCN(CC)S(=O)(=O)c1ccc(Cl)c(NC(=O)C[n+]2cccc(C)c2C)c1. The van der Waals surface area contributed by atoms with Crippen molar-refractivity contribution in [1.29, 1.82) is 0 Å². The summed E-state index contributed by atoms with van der Waals surface area (Å²) in [5.41, 5.74) is 2.34. The molecule has 0 aliphatic carbocycles. The first kappa shape index (κ1) is 21.3.